The van der Waals surface area contributed by atoms with Crippen molar-refractivity contribution in [2.45, 2.75) is 44.9 Å². The molecular formula is C8H15ClO. The molecule has 0 saturated heterocycles. The maximum Gasteiger partial charge on any atom is 0.150 e. The van der Waals surface area contributed by atoms with Crippen LogP contribution in [0.15, 0.2) is 0 Å². The Hall–Kier alpha value is -0.0400. The number of halogens is 1. The molecule has 0 N–H and O–H groups in total. The van der Waals surface area contributed by atoms with E-state index in [9.17, 15) is 4.79 Å². The van der Waals surface area contributed by atoms with E-state index in [1.165, 1.54) is 0 Å². The highest BCUT2D eigenvalue weighted by Gasteiger charge is 2.11. The van der Waals surface area contributed by atoms with Crippen LogP contribution >= 0.6 is 11.6 Å². The van der Waals surface area contributed by atoms with Crippen molar-refractivity contribution in [3.05, 3.63) is 0 Å². The first-order chi connectivity index (χ1) is 4.72. The minimum absolute atomic E-state index is 0.200. The highest BCUT2D eigenvalue weighted by molar-refractivity contribution is 6.31. The second kappa shape index (κ2) is 5.72. The second-order valence-electron chi connectivity index (χ2n) is 2.47. The van der Waals surface area contributed by atoms with Crippen molar-refractivity contribution < 1.29 is 4.79 Å². The number of Topliss-reactive ketones (excluding diaryl/α,β-unsaturated/α-hetero) is 1. The smallest absolute Gasteiger partial charge is 0.150 e. The standard InChI is InChI=1S/C8H15ClO/c1-3-5-7(9)8(10)6-4-2/h7H,3-6H2,1-2H3. The van der Waals surface area contributed by atoms with Crippen LogP contribution in [0.1, 0.15) is 39.5 Å². The minimum atomic E-state index is -0.232. The molecule has 2 heteroatoms. The lowest BCUT2D eigenvalue weighted by Crippen LogP contribution is -2.13. The number of carbonyl (C=O) groups is 1. The van der Waals surface area contributed by atoms with E-state index in [1.54, 1.807) is 0 Å². The van der Waals surface area contributed by atoms with Crippen LogP contribution < -0.4 is 0 Å². The molecule has 0 aliphatic carbocycles. The van der Waals surface area contributed by atoms with Crippen molar-refractivity contribution in [3.8, 4) is 0 Å². The van der Waals surface area contributed by atoms with Crippen LogP contribution in [-0.2, 0) is 4.79 Å². The topological polar surface area (TPSA) is 17.1 Å². The van der Waals surface area contributed by atoms with Gasteiger partial charge >= 0.3 is 0 Å². The molecule has 1 unspecified atom stereocenters. The van der Waals surface area contributed by atoms with Crippen molar-refractivity contribution in [1.29, 1.82) is 0 Å². The predicted octanol–water partition coefficient (Wildman–Crippen LogP) is 2.76. The van der Waals surface area contributed by atoms with Crippen LogP contribution in [0.2, 0.25) is 0 Å². The third kappa shape index (κ3) is 3.89. The number of alkyl halides is 1. The SMILES string of the molecule is CCCC(=O)C(Cl)CCC. The fourth-order valence-electron chi connectivity index (χ4n) is 0.817. The molecule has 1 atom stereocenters. The summed E-state index contributed by atoms with van der Waals surface area (Å²) in [7, 11) is 0. The average molecular weight is 163 g/mol. The van der Waals surface area contributed by atoms with Crippen molar-refractivity contribution in [3.63, 3.8) is 0 Å². The van der Waals surface area contributed by atoms with Gasteiger partial charge < -0.3 is 0 Å². The zero-order chi connectivity index (χ0) is 7.98. The van der Waals surface area contributed by atoms with E-state index >= 15 is 0 Å². The molecule has 0 aromatic heterocycles. The number of ketones is 1. The van der Waals surface area contributed by atoms with Gasteiger partial charge in [0.05, 0.1) is 5.38 Å². The molecule has 0 aliphatic rings. The van der Waals surface area contributed by atoms with Crippen LogP contribution in [0.5, 0.6) is 0 Å². The Morgan fingerprint density at radius 3 is 2.40 bits per heavy atom. The number of rotatable bonds is 5. The Morgan fingerprint density at radius 1 is 1.40 bits per heavy atom. The van der Waals surface area contributed by atoms with E-state index in [1.807, 2.05) is 13.8 Å². The molecule has 0 aliphatic heterocycles. The van der Waals surface area contributed by atoms with E-state index in [0.29, 0.717) is 6.42 Å². The molecule has 10 heavy (non-hydrogen) atoms. The molecule has 0 radical (unpaired) electrons. The summed E-state index contributed by atoms with van der Waals surface area (Å²) in [5.41, 5.74) is 0. The number of hydrogen-bond donors (Lipinski definition) is 0. The molecule has 0 saturated carbocycles. The lowest BCUT2D eigenvalue weighted by molar-refractivity contribution is -0.118. The van der Waals surface area contributed by atoms with Gasteiger partial charge in [0.15, 0.2) is 5.78 Å². The zero-order valence-electron chi connectivity index (χ0n) is 6.69. The molecule has 0 rings (SSSR count). The Bertz CT molecular complexity index is 101. The first-order valence-electron chi connectivity index (χ1n) is 3.89. The van der Waals surface area contributed by atoms with Crippen LogP contribution in [-0.4, -0.2) is 11.2 Å². The summed E-state index contributed by atoms with van der Waals surface area (Å²) in [5, 5.41) is -0.232. The summed E-state index contributed by atoms with van der Waals surface area (Å²) >= 11 is 5.76. The molecule has 0 aromatic carbocycles. The Balaban J connectivity index is 3.49. The first kappa shape index (κ1) is 9.96. The second-order valence-corrected chi connectivity index (χ2v) is 3.00. The normalized spacial score (nSPS) is 13.1. The maximum atomic E-state index is 11.0. The fourth-order valence-corrected chi connectivity index (χ4v) is 1.14. The zero-order valence-corrected chi connectivity index (χ0v) is 7.45. The third-order valence-electron chi connectivity index (χ3n) is 1.39. The number of hydrogen-bond acceptors (Lipinski definition) is 1. The number of carbonyl (C=O) groups excluding carboxylic acids is 1. The molecule has 0 aromatic rings. The van der Waals surface area contributed by atoms with Crippen LogP contribution in [0.25, 0.3) is 0 Å². The highest BCUT2D eigenvalue weighted by atomic mass is 35.5. The Kier molecular flexibility index (Phi) is 5.70. The molecule has 0 bridgehead atoms. The van der Waals surface area contributed by atoms with Gasteiger partial charge in [-0.1, -0.05) is 20.3 Å². The molecular weight excluding hydrogens is 148 g/mol. The van der Waals surface area contributed by atoms with Gasteiger partial charge in [-0.15, -0.1) is 11.6 Å². The van der Waals surface area contributed by atoms with E-state index in [4.69, 9.17) is 11.6 Å². The lowest BCUT2D eigenvalue weighted by Gasteiger charge is -2.04. The third-order valence-corrected chi connectivity index (χ3v) is 1.85. The van der Waals surface area contributed by atoms with Gasteiger partial charge in [-0.3, -0.25) is 4.79 Å². The summed E-state index contributed by atoms with van der Waals surface area (Å²) in [6, 6.07) is 0. The Morgan fingerprint density at radius 2 is 2.00 bits per heavy atom. The van der Waals surface area contributed by atoms with Crippen LogP contribution in [0, 0.1) is 0 Å². The van der Waals surface area contributed by atoms with E-state index in [-0.39, 0.29) is 11.2 Å². The van der Waals surface area contributed by atoms with Crippen molar-refractivity contribution in [2.75, 3.05) is 0 Å². The lowest BCUT2D eigenvalue weighted by atomic mass is 10.1. The summed E-state index contributed by atoms with van der Waals surface area (Å²) in [5.74, 6) is 0.200. The summed E-state index contributed by atoms with van der Waals surface area (Å²) < 4.78 is 0. The molecule has 0 heterocycles. The van der Waals surface area contributed by atoms with Gasteiger partial charge in [-0.2, -0.15) is 0 Å². The molecule has 1 nitrogen and oxygen atoms in total. The fraction of sp³-hybridized carbons (Fsp3) is 0.875. The molecule has 60 valence electrons. The first-order valence-corrected chi connectivity index (χ1v) is 4.32. The minimum Gasteiger partial charge on any atom is -0.298 e. The van der Waals surface area contributed by atoms with E-state index < -0.39 is 0 Å². The quantitative estimate of drug-likeness (QED) is 0.569. The van der Waals surface area contributed by atoms with Crippen molar-refractivity contribution in [1.82, 2.24) is 0 Å². The monoisotopic (exact) mass is 162 g/mol. The van der Waals surface area contributed by atoms with Gasteiger partial charge in [-0.25, -0.2) is 0 Å². The van der Waals surface area contributed by atoms with Gasteiger partial charge in [-0.05, 0) is 12.8 Å². The predicted molar refractivity (Wildman–Crippen MR) is 44.5 cm³/mol. The maximum absolute atomic E-state index is 11.0. The highest BCUT2D eigenvalue weighted by Crippen LogP contribution is 2.09. The summed E-state index contributed by atoms with van der Waals surface area (Å²) in [4.78, 5) is 11.0. The summed E-state index contributed by atoms with van der Waals surface area (Å²) in [6.45, 7) is 4.03. The van der Waals surface area contributed by atoms with E-state index in [2.05, 4.69) is 0 Å². The van der Waals surface area contributed by atoms with Crippen LogP contribution in [0.3, 0.4) is 0 Å². The van der Waals surface area contributed by atoms with Gasteiger partial charge in [0.2, 0.25) is 0 Å². The molecule has 0 spiro atoms. The van der Waals surface area contributed by atoms with Crippen molar-refractivity contribution >= 4 is 17.4 Å². The van der Waals surface area contributed by atoms with E-state index in [0.717, 1.165) is 19.3 Å². The van der Waals surface area contributed by atoms with Crippen LogP contribution in [0.4, 0.5) is 0 Å². The van der Waals surface area contributed by atoms with Gasteiger partial charge in [0.25, 0.3) is 0 Å². The summed E-state index contributed by atoms with van der Waals surface area (Å²) in [6.07, 6.45) is 3.35. The largest absolute Gasteiger partial charge is 0.298 e. The molecule has 0 fully saturated rings. The van der Waals surface area contributed by atoms with Crippen molar-refractivity contribution in [2.24, 2.45) is 0 Å². The molecule has 0 amide bonds. The van der Waals surface area contributed by atoms with Gasteiger partial charge in [0.1, 0.15) is 0 Å². The van der Waals surface area contributed by atoms with Gasteiger partial charge in [0, 0.05) is 6.42 Å². The Labute approximate surface area is 67.8 Å². The average Bonchev–Trinajstić information content (AvgIpc) is 1.89.